The van der Waals surface area contributed by atoms with Crippen molar-refractivity contribution in [3.8, 4) is 0 Å². The molecule has 0 aromatic carbocycles. The van der Waals surface area contributed by atoms with Crippen molar-refractivity contribution in [3.63, 3.8) is 0 Å². The third-order valence-corrected chi connectivity index (χ3v) is 4.85. The molecule has 0 aliphatic rings. The Morgan fingerprint density at radius 3 is 2.80 bits per heavy atom. The van der Waals surface area contributed by atoms with Crippen LogP contribution in [0.25, 0.3) is 17.1 Å². The third kappa shape index (κ3) is 2.52. The van der Waals surface area contributed by atoms with Crippen LogP contribution in [0.4, 0.5) is 0 Å². The van der Waals surface area contributed by atoms with Crippen molar-refractivity contribution < 1.29 is 0 Å². The largest absolute Gasteiger partial charge is 0.277 e. The van der Waals surface area contributed by atoms with Crippen LogP contribution in [0.1, 0.15) is 15.6 Å². The second-order valence-corrected chi connectivity index (χ2v) is 7.20. The van der Waals surface area contributed by atoms with E-state index in [0.717, 1.165) is 9.88 Å². The topological polar surface area (TPSA) is 47.3 Å². The molecule has 0 atom stereocenters. The summed E-state index contributed by atoms with van der Waals surface area (Å²) in [7, 11) is 0. The Balaban J connectivity index is 2.09. The summed E-state index contributed by atoms with van der Waals surface area (Å²) in [6, 6.07) is 0. The average Bonchev–Trinajstić information content (AvgIpc) is 2.98. The van der Waals surface area contributed by atoms with Gasteiger partial charge in [0.1, 0.15) is 9.36 Å². The quantitative estimate of drug-likeness (QED) is 0.706. The fraction of sp³-hybridized carbons (Fsp3) is 0.0833. The van der Waals surface area contributed by atoms with Crippen molar-refractivity contribution in [1.82, 2.24) is 14.4 Å². The van der Waals surface area contributed by atoms with Crippen LogP contribution in [-0.2, 0) is 0 Å². The summed E-state index contributed by atoms with van der Waals surface area (Å²) < 4.78 is 1.84. The normalized spacial score (nSPS) is 11.8. The first kappa shape index (κ1) is 13.8. The van der Waals surface area contributed by atoms with Gasteiger partial charge in [-0.05, 0) is 19.1 Å². The van der Waals surface area contributed by atoms with Gasteiger partial charge >= 0.3 is 0 Å². The van der Waals surface area contributed by atoms with Gasteiger partial charge in [0, 0.05) is 17.3 Å². The molecular weight excluding hydrogens is 337 g/mol. The number of thiazole rings is 2. The molecule has 0 aliphatic carbocycles. The predicted octanol–water partition coefficient (Wildman–Crippen LogP) is 4.00. The Morgan fingerprint density at radius 2 is 2.10 bits per heavy atom. The van der Waals surface area contributed by atoms with Crippen molar-refractivity contribution in [2.24, 2.45) is 0 Å². The Kier molecular flexibility index (Phi) is 3.64. The van der Waals surface area contributed by atoms with E-state index in [0.29, 0.717) is 15.0 Å². The first-order valence-electron chi connectivity index (χ1n) is 5.52. The summed E-state index contributed by atoms with van der Waals surface area (Å²) in [5.41, 5.74) is 0.112. The number of halogens is 2. The zero-order chi connectivity index (χ0) is 14.3. The molecule has 0 saturated carbocycles. The molecule has 0 unspecified atom stereocenters. The summed E-state index contributed by atoms with van der Waals surface area (Å²) in [6.07, 6.45) is 6.83. The highest BCUT2D eigenvalue weighted by molar-refractivity contribution is 7.20. The monoisotopic (exact) mass is 343 g/mol. The van der Waals surface area contributed by atoms with Crippen LogP contribution in [-0.4, -0.2) is 14.4 Å². The van der Waals surface area contributed by atoms with Crippen molar-refractivity contribution in [1.29, 1.82) is 0 Å². The van der Waals surface area contributed by atoms with Gasteiger partial charge in [-0.2, -0.15) is 0 Å². The van der Waals surface area contributed by atoms with E-state index in [-0.39, 0.29) is 10.6 Å². The van der Waals surface area contributed by atoms with Gasteiger partial charge in [-0.1, -0.05) is 34.5 Å². The van der Waals surface area contributed by atoms with E-state index in [2.05, 4.69) is 9.97 Å². The van der Waals surface area contributed by atoms with E-state index in [1.54, 1.807) is 23.6 Å². The van der Waals surface area contributed by atoms with E-state index in [1.165, 1.54) is 21.9 Å². The zero-order valence-corrected chi connectivity index (χ0v) is 13.3. The standard InChI is InChI=1S/C12H7Cl2N3OS2/c1-6-15-4-7(19-6)2-3-8-10(14)11(18)17-5-9(13)20-12(17)16-8/h2-5H,1H3/b3-2+. The lowest BCUT2D eigenvalue weighted by Crippen LogP contribution is -2.14. The van der Waals surface area contributed by atoms with Crippen molar-refractivity contribution in [2.75, 3.05) is 0 Å². The molecule has 0 spiro atoms. The molecular formula is C12H7Cl2N3OS2. The number of nitrogens with zero attached hydrogens (tertiary/aromatic N) is 3. The van der Waals surface area contributed by atoms with E-state index >= 15 is 0 Å². The SMILES string of the molecule is Cc1ncc(/C=C/c2nc3sc(Cl)cn3c(=O)c2Cl)s1. The number of aryl methyl sites for hydroxylation is 1. The maximum absolute atomic E-state index is 12.1. The summed E-state index contributed by atoms with van der Waals surface area (Å²) >= 11 is 14.7. The third-order valence-electron chi connectivity index (χ3n) is 2.52. The van der Waals surface area contributed by atoms with Crippen molar-refractivity contribution in [3.05, 3.63) is 47.7 Å². The second kappa shape index (κ2) is 5.29. The number of hydrogen-bond donors (Lipinski definition) is 0. The van der Waals surface area contributed by atoms with Crippen LogP contribution < -0.4 is 5.56 Å². The molecule has 3 aromatic heterocycles. The van der Waals surface area contributed by atoms with Crippen LogP contribution in [0.3, 0.4) is 0 Å². The van der Waals surface area contributed by atoms with Crippen LogP contribution in [0.15, 0.2) is 17.2 Å². The molecule has 0 saturated heterocycles. The smallest absolute Gasteiger partial charge is 0.267 e. The Bertz CT molecular complexity index is 879. The van der Waals surface area contributed by atoms with E-state index < -0.39 is 0 Å². The number of hydrogen-bond acceptors (Lipinski definition) is 5. The van der Waals surface area contributed by atoms with Gasteiger partial charge in [0.2, 0.25) is 0 Å². The van der Waals surface area contributed by atoms with Gasteiger partial charge in [-0.25, -0.2) is 9.97 Å². The fourth-order valence-corrected chi connectivity index (χ4v) is 3.53. The minimum atomic E-state index is -0.319. The summed E-state index contributed by atoms with van der Waals surface area (Å²) in [5, 5.41) is 1.05. The minimum absolute atomic E-state index is 0.0782. The van der Waals surface area contributed by atoms with Crippen LogP contribution in [0.5, 0.6) is 0 Å². The van der Waals surface area contributed by atoms with Crippen LogP contribution in [0, 0.1) is 6.92 Å². The lowest BCUT2D eigenvalue weighted by molar-refractivity contribution is 1.07. The summed E-state index contributed by atoms with van der Waals surface area (Å²) in [6.45, 7) is 1.93. The van der Waals surface area contributed by atoms with Gasteiger partial charge < -0.3 is 0 Å². The molecule has 0 fully saturated rings. The van der Waals surface area contributed by atoms with E-state index in [4.69, 9.17) is 23.2 Å². The first-order chi connectivity index (χ1) is 9.54. The van der Waals surface area contributed by atoms with Gasteiger partial charge in [-0.15, -0.1) is 11.3 Å². The molecule has 8 heteroatoms. The first-order valence-corrected chi connectivity index (χ1v) is 7.91. The number of fused-ring (bicyclic) bond motifs is 1. The molecule has 0 N–H and O–H groups in total. The molecule has 0 aliphatic heterocycles. The molecule has 3 heterocycles. The highest BCUT2D eigenvalue weighted by atomic mass is 35.5. The molecule has 0 bridgehead atoms. The molecule has 4 nitrogen and oxygen atoms in total. The van der Waals surface area contributed by atoms with Crippen molar-refractivity contribution >= 4 is 63.0 Å². The average molecular weight is 344 g/mol. The highest BCUT2D eigenvalue weighted by Gasteiger charge is 2.11. The lowest BCUT2D eigenvalue weighted by Gasteiger charge is -1.98. The molecule has 102 valence electrons. The van der Waals surface area contributed by atoms with E-state index in [1.807, 2.05) is 13.0 Å². The molecule has 0 amide bonds. The maximum atomic E-state index is 12.1. The van der Waals surface area contributed by atoms with Crippen LogP contribution >= 0.6 is 45.9 Å². The van der Waals surface area contributed by atoms with Crippen LogP contribution in [0.2, 0.25) is 9.36 Å². The molecule has 3 aromatic rings. The number of aromatic nitrogens is 3. The van der Waals surface area contributed by atoms with Gasteiger partial charge in [0.25, 0.3) is 5.56 Å². The van der Waals surface area contributed by atoms with Gasteiger partial charge in [-0.3, -0.25) is 9.20 Å². The Morgan fingerprint density at radius 1 is 1.30 bits per heavy atom. The van der Waals surface area contributed by atoms with E-state index in [9.17, 15) is 4.79 Å². The van der Waals surface area contributed by atoms with Gasteiger partial charge in [0.15, 0.2) is 4.96 Å². The molecule has 20 heavy (non-hydrogen) atoms. The highest BCUT2D eigenvalue weighted by Crippen LogP contribution is 2.23. The summed E-state index contributed by atoms with van der Waals surface area (Å²) in [5.74, 6) is 0. The maximum Gasteiger partial charge on any atom is 0.277 e. The Hall–Kier alpha value is -1.21. The van der Waals surface area contributed by atoms with Crippen molar-refractivity contribution in [2.45, 2.75) is 6.92 Å². The minimum Gasteiger partial charge on any atom is -0.267 e. The predicted molar refractivity (Wildman–Crippen MR) is 85.1 cm³/mol. The summed E-state index contributed by atoms with van der Waals surface area (Å²) in [4.78, 5) is 22.1. The lowest BCUT2D eigenvalue weighted by atomic mass is 10.3. The zero-order valence-electron chi connectivity index (χ0n) is 10.1. The fourth-order valence-electron chi connectivity index (χ4n) is 1.64. The second-order valence-electron chi connectivity index (χ2n) is 3.92. The van der Waals surface area contributed by atoms with Gasteiger partial charge in [0.05, 0.1) is 10.7 Å². The molecule has 3 rings (SSSR count). The number of rotatable bonds is 2. The molecule has 0 radical (unpaired) electrons. The Labute approximate surface area is 132 Å².